The number of allylic oxidation sites excluding steroid dienone is 7. The van der Waals surface area contributed by atoms with E-state index in [0.29, 0.717) is 32.0 Å². The molecule has 0 spiro atoms. The molecule has 0 amide bonds. The van der Waals surface area contributed by atoms with Gasteiger partial charge in [0.15, 0.2) is 11.5 Å². The monoisotopic (exact) mass is 492 g/mol. The lowest BCUT2D eigenvalue weighted by Gasteiger charge is -2.40. The van der Waals surface area contributed by atoms with Crippen molar-refractivity contribution in [1.29, 1.82) is 0 Å². The van der Waals surface area contributed by atoms with Crippen LogP contribution in [0.5, 0.6) is 0 Å². The number of carbonyl (C=O) groups excluding carboxylic acids is 1. The van der Waals surface area contributed by atoms with Crippen molar-refractivity contribution >= 4 is 5.94 Å². The van der Waals surface area contributed by atoms with Gasteiger partial charge in [-0.1, -0.05) is 0 Å². The lowest BCUT2D eigenvalue weighted by Crippen LogP contribution is -3.00. The SMILES string of the molecule is CC1COCC(C)N1N1[C+]=CC(=C2C=CN(N3C(C)COCC3C)[C+]=C2C=C=O)C=C1.[Cl-].[Cl-]. The van der Waals surface area contributed by atoms with Crippen molar-refractivity contribution in [2.24, 2.45) is 0 Å². The van der Waals surface area contributed by atoms with Gasteiger partial charge in [-0.05, 0) is 27.7 Å². The second-order valence-corrected chi connectivity index (χ2v) is 8.48. The highest BCUT2D eigenvalue weighted by atomic mass is 35.5. The van der Waals surface area contributed by atoms with Crippen molar-refractivity contribution in [3.05, 3.63) is 65.8 Å². The fraction of sp³-hybridized carbons (Fsp3) is 0.500. The Kier molecular flexibility index (Phi) is 9.84. The van der Waals surface area contributed by atoms with Crippen LogP contribution in [0.2, 0.25) is 0 Å². The zero-order valence-electron chi connectivity index (χ0n) is 19.4. The van der Waals surface area contributed by atoms with E-state index in [0.717, 1.165) is 11.1 Å². The van der Waals surface area contributed by atoms with E-state index in [-0.39, 0.29) is 49.0 Å². The molecule has 4 rings (SSSR count). The summed E-state index contributed by atoms with van der Waals surface area (Å²) in [5.74, 6) is 1.92. The number of morpholine rings is 2. The Balaban J connectivity index is 0.00000193. The molecule has 4 aliphatic heterocycles. The third-order valence-corrected chi connectivity index (χ3v) is 5.91. The Morgan fingerprint density at radius 1 is 0.879 bits per heavy atom. The molecule has 0 aliphatic carbocycles. The number of hydrazine groups is 2. The second-order valence-electron chi connectivity index (χ2n) is 8.48. The molecule has 4 unspecified atom stereocenters. The smallest absolute Gasteiger partial charge is 0.200 e. The molecular formula is C24H30Cl2N4O3. The normalized spacial score (nSPS) is 32.1. The molecule has 2 saturated heterocycles. The van der Waals surface area contributed by atoms with Gasteiger partial charge in [0.2, 0.25) is 0 Å². The molecule has 7 nitrogen and oxygen atoms in total. The van der Waals surface area contributed by atoms with Gasteiger partial charge in [-0.15, -0.1) is 5.01 Å². The average molecular weight is 493 g/mol. The summed E-state index contributed by atoms with van der Waals surface area (Å²) in [6, 6.07) is 0.965. The molecule has 178 valence electrons. The molecule has 0 aromatic rings. The van der Waals surface area contributed by atoms with E-state index in [4.69, 9.17) is 9.47 Å². The van der Waals surface area contributed by atoms with Crippen molar-refractivity contribution in [2.75, 3.05) is 26.4 Å². The summed E-state index contributed by atoms with van der Waals surface area (Å²) in [4.78, 5) is 11.2. The maximum absolute atomic E-state index is 11.2. The first-order valence-corrected chi connectivity index (χ1v) is 10.8. The minimum Gasteiger partial charge on any atom is -1.00 e. The molecule has 0 saturated carbocycles. The Morgan fingerprint density at radius 3 is 1.88 bits per heavy atom. The van der Waals surface area contributed by atoms with E-state index in [1.54, 1.807) is 0 Å². The topological polar surface area (TPSA) is 48.5 Å². The van der Waals surface area contributed by atoms with E-state index in [9.17, 15) is 4.79 Å². The van der Waals surface area contributed by atoms with Crippen LogP contribution in [-0.2, 0) is 14.3 Å². The van der Waals surface area contributed by atoms with E-state index in [1.807, 2.05) is 46.6 Å². The van der Waals surface area contributed by atoms with Crippen LogP contribution in [0.3, 0.4) is 0 Å². The third-order valence-electron chi connectivity index (χ3n) is 5.91. The minimum atomic E-state index is 0. The Bertz CT molecular complexity index is 858. The zero-order valence-corrected chi connectivity index (χ0v) is 20.9. The fourth-order valence-corrected chi connectivity index (χ4v) is 4.54. The number of rotatable bonds is 3. The van der Waals surface area contributed by atoms with Gasteiger partial charge in [-0.3, -0.25) is 0 Å². The summed E-state index contributed by atoms with van der Waals surface area (Å²) >= 11 is 0. The first kappa shape index (κ1) is 27.2. The van der Waals surface area contributed by atoms with Gasteiger partial charge in [-0.2, -0.15) is 15.0 Å². The molecule has 0 N–H and O–H groups in total. The van der Waals surface area contributed by atoms with Crippen LogP contribution in [0, 0.1) is 12.4 Å². The zero-order chi connectivity index (χ0) is 22.0. The number of halogens is 2. The molecule has 33 heavy (non-hydrogen) atoms. The molecule has 0 aromatic heterocycles. The highest BCUT2D eigenvalue weighted by molar-refractivity contribution is 5.63. The number of ether oxygens (including phenoxy) is 2. The molecule has 0 bridgehead atoms. The number of hydrogen-bond acceptors (Lipinski definition) is 7. The van der Waals surface area contributed by atoms with E-state index in [1.165, 1.54) is 6.08 Å². The lowest BCUT2D eigenvalue weighted by molar-refractivity contribution is -0.117. The number of nitrogens with zero attached hydrogens (tertiary/aromatic N) is 4. The van der Waals surface area contributed by atoms with Crippen LogP contribution in [0.1, 0.15) is 27.7 Å². The van der Waals surface area contributed by atoms with Gasteiger partial charge in [-0.25, -0.2) is 4.79 Å². The van der Waals surface area contributed by atoms with E-state index >= 15 is 0 Å². The molecule has 2 fully saturated rings. The predicted molar refractivity (Wildman–Crippen MR) is 117 cm³/mol. The Morgan fingerprint density at radius 2 is 1.39 bits per heavy atom. The van der Waals surface area contributed by atoms with Crippen molar-refractivity contribution in [3.63, 3.8) is 0 Å². The van der Waals surface area contributed by atoms with Crippen LogP contribution in [-0.4, -0.2) is 76.6 Å². The summed E-state index contributed by atoms with van der Waals surface area (Å²) in [5.41, 5.74) is 2.58. The van der Waals surface area contributed by atoms with Gasteiger partial charge in [0.25, 0.3) is 0 Å². The Hall–Kier alpha value is -2.01. The van der Waals surface area contributed by atoms with Gasteiger partial charge in [0.05, 0.1) is 62.7 Å². The standard InChI is InChI=1S/C24H30N4O3.2ClH/c1-18-14-30-15-19(2)27(18)25-9-5-22(6-10-25)24-7-11-26(13-23(24)8-12-29)28-20(3)16-31-17-21(28)4;;/h5-9,11,18-21H,14-17H2,1-4H3;2*1H/q+2;;/p-2. The Labute approximate surface area is 209 Å². The summed E-state index contributed by atoms with van der Waals surface area (Å²) in [6.07, 6.45) is 18.2. The quantitative estimate of drug-likeness (QED) is 0.298. The fourth-order valence-electron chi connectivity index (χ4n) is 4.54. The molecule has 4 heterocycles. The van der Waals surface area contributed by atoms with E-state index in [2.05, 4.69) is 50.1 Å². The second kappa shape index (κ2) is 11.9. The molecule has 4 aliphatic rings. The molecular weight excluding hydrogens is 463 g/mol. The number of hydrogen-bond donors (Lipinski definition) is 0. The van der Waals surface area contributed by atoms with Gasteiger partial charge in [0, 0.05) is 0 Å². The molecule has 0 radical (unpaired) electrons. The maximum atomic E-state index is 11.2. The van der Waals surface area contributed by atoms with Crippen molar-refractivity contribution < 1.29 is 39.1 Å². The largest absolute Gasteiger partial charge is 1.00 e. The molecule has 9 heteroatoms. The first-order valence-electron chi connectivity index (χ1n) is 10.8. The predicted octanol–water partition coefficient (Wildman–Crippen LogP) is -3.61. The third kappa shape index (κ3) is 5.74. The van der Waals surface area contributed by atoms with Crippen LogP contribution in [0.4, 0.5) is 0 Å². The van der Waals surface area contributed by atoms with Gasteiger partial charge < -0.3 is 34.3 Å². The van der Waals surface area contributed by atoms with Crippen molar-refractivity contribution in [3.8, 4) is 0 Å². The van der Waals surface area contributed by atoms with Gasteiger partial charge >= 0.3 is 0 Å². The highest BCUT2D eigenvalue weighted by Crippen LogP contribution is 2.29. The van der Waals surface area contributed by atoms with Crippen LogP contribution < -0.4 is 24.8 Å². The molecule has 4 atom stereocenters. The van der Waals surface area contributed by atoms with Crippen molar-refractivity contribution in [1.82, 2.24) is 20.0 Å². The maximum Gasteiger partial charge on any atom is 0.200 e. The average Bonchev–Trinajstić information content (AvgIpc) is 2.75. The molecule has 0 aromatic carbocycles. The lowest BCUT2D eigenvalue weighted by atomic mass is 9.97. The minimum absolute atomic E-state index is 0. The van der Waals surface area contributed by atoms with Crippen LogP contribution in [0.15, 0.2) is 53.4 Å². The summed E-state index contributed by atoms with van der Waals surface area (Å²) in [6.45, 7) is 11.3. The van der Waals surface area contributed by atoms with Crippen LogP contribution in [0.25, 0.3) is 0 Å². The van der Waals surface area contributed by atoms with Gasteiger partial charge in [0.1, 0.15) is 48.1 Å². The summed E-state index contributed by atoms with van der Waals surface area (Å²) in [5, 5.41) is 8.43. The summed E-state index contributed by atoms with van der Waals surface area (Å²) in [7, 11) is 0. The first-order chi connectivity index (χ1) is 15.0. The van der Waals surface area contributed by atoms with Crippen molar-refractivity contribution in [2.45, 2.75) is 51.9 Å². The van der Waals surface area contributed by atoms with Crippen LogP contribution >= 0.6 is 0 Å². The summed E-state index contributed by atoms with van der Waals surface area (Å²) < 4.78 is 11.3. The highest BCUT2D eigenvalue weighted by Gasteiger charge is 2.36. The van der Waals surface area contributed by atoms with E-state index < -0.39 is 0 Å².